The van der Waals surface area contributed by atoms with Crippen LogP contribution in [0.3, 0.4) is 0 Å². The molecule has 0 spiro atoms. The van der Waals surface area contributed by atoms with Gasteiger partial charge in [0.05, 0.1) is 20.1 Å². The second kappa shape index (κ2) is 8.63. The minimum atomic E-state index is 0.0406. The molecule has 1 fully saturated rings. The number of carbonyl (C=O) groups is 1. The van der Waals surface area contributed by atoms with E-state index in [4.69, 9.17) is 15.2 Å². The molecule has 0 saturated heterocycles. The average Bonchev–Trinajstić information content (AvgIpc) is 2.56. The highest BCUT2D eigenvalue weighted by atomic mass is 16.5. The molecule has 5 heteroatoms. The SMILES string of the molecule is COc1ccc(OCCC(=O)NC2CCCCC2CN)cc1. The highest BCUT2D eigenvalue weighted by molar-refractivity contribution is 5.76. The lowest BCUT2D eigenvalue weighted by molar-refractivity contribution is -0.122. The van der Waals surface area contributed by atoms with Crippen molar-refractivity contribution in [1.29, 1.82) is 0 Å². The van der Waals surface area contributed by atoms with Crippen LogP contribution in [-0.2, 0) is 4.79 Å². The Morgan fingerprint density at radius 3 is 2.59 bits per heavy atom. The number of hydrogen-bond donors (Lipinski definition) is 2. The number of ether oxygens (including phenoxy) is 2. The van der Waals surface area contributed by atoms with E-state index < -0.39 is 0 Å². The molecular formula is C17H26N2O3. The quantitative estimate of drug-likeness (QED) is 0.809. The lowest BCUT2D eigenvalue weighted by atomic mass is 9.84. The van der Waals surface area contributed by atoms with E-state index in [9.17, 15) is 4.79 Å². The predicted molar refractivity (Wildman–Crippen MR) is 86.0 cm³/mol. The molecule has 0 aliphatic heterocycles. The fourth-order valence-corrected chi connectivity index (χ4v) is 2.89. The molecule has 0 aromatic heterocycles. The van der Waals surface area contributed by atoms with Crippen molar-refractivity contribution >= 4 is 5.91 Å². The van der Waals surface area contributed by atoms with Gasteiger partial charge in [0, 0.05) is 6.04 Å². The van der Waals surface area contributed by atoms with Crippen LogP contribution in [0, 0.1) is 5.92 Å². The molecule has 1 aliphatic rings. The molecule has 2 atom stereocenters. The van der Waals surface area contributed by atoms with Gasteiger partial charge in [0.2, 0.25) is 5.91 Å². The maximum absolute atomic E-state index is 12.0. The van der Waals surface area contributed by atoms with Gasteiger partial charge in [-0.15, -0.1) is 0 Å². The number of carbonyl (C=O) groups excluding carboxylic acids is 1. The van der Waals surface area contributed by atoms with Gasteiger partial charge in [-0.2, -0.15) is 0 Å². The van der Waals surface area contributed by atoms with Crippen LogP contribution in [0.15, 0.2) is 24.3 Å². The zero-order valence-electron chi connectivity index (χ0n) is 13.2. The predicted octanol–water partition coefficient (Wildman–Crippen LogP) is 2.10. The average molecular weight is 306 g/mol. The molecule has 1 aromatic rings. The summed E-state index contributed by atoms with van der Waals surface area (Å²) in [5, 5.41) is 3.11. The number of rotatable bonds is 7. The summed E-state index contributed by atoms with van der Waals surface area (Å²) in [5.74, 6) is 1.99. The summed E-state index contributed by atoms with van der Waals surface area (Å²) in [5.41, 5.74) is 5.78. The third kappa shape index (κ3) is 4.91. The molecule has 0 heterocycles. The van der Waals surface area contributed by atoms with Crippen LogP contribution in [-0.4, -0.2) is 32.2 Å². The van der Waals surface area contributed by atoms with Crippen molar-refractivity contribution in [2.24, 2.45) is 11.7 Å². The standard InChI is InChI=1S/C17H26N2O3/c1-21-14-6-8-15(9-7-14)22-11-10-17(20)19-16-5-3-2-4-13(16)12-18/h6-9,13,16H,2-5,10-12,18H2,1H3,(H,19,20). The topological polar surface area (TPSA) is 73.6 Å². The Morgan fingerprint density at radius 1 is 1.23 bits per heavy atom. The largest absolute Gasteiger partial charge is 0.497 e. The molecule has 3 N–H and O–H groups in total. The first-order chi connectivity index (χ1) is 10.7. The molecule has 0 radical (unpaired) electrons. The van der Waals surface area contributed by atoms with Crippen molar-refractivity contribution in [1.82, 2.24) is 5.32 Å². The first-order valence-corrected chi connectivity index (χ1v) is 7.99. The van der Waals surface area contributed by atoms with Crippen molar-refractivity contribution in [2.75, 3.05) is 20.3 Å². The fourth-order valence-electron chi connectivity index (χ4n) is 2.89. The summed E-state index contributed by atoms with van der Waals surface area (Å²) in [6.45, 7) is 1.02. The Kier molecular flexibility index (Phi) is 6.52. The second-order valence-electron chi connectivity index (χ2n) is 5.73. The number of nitrogens with two attached hydrogens (primary N) is 1. The van der Waals surface area contributed by atoms with E-state index in [0.29, 0.717) is 25.5 Å². The van der Waals surface area contributed by atoms with Gasteiger partial charge >= 0.3 is 0 Å². The second-order valence-corrected chi connectivity index (χ2v) is 5.73. The lowest BCUT2D eigenvalue weighted by Gasteiger charge is -2.31. The molecule has 5 nitrogen and oxygen atoms in total. The molecule has 1 amide bonds. The van der Waals surface area contributed by atoms with Crippen LogP contribution in [0.1, 0.15) is 32.1 Å². The van der Waals surface area contributed by atoms with E-state index in [1.165, 1.54) is 12.8 Å². The molecule has 22 heavy (non-hydrogen) atoms. The number of benzene rings is 1. The van der Waals surface area contributed by atoms with Crippen LogP contribution in [0.2, 0.25) is 0 Å². The van der Waals surface area contributed by atoms with Gasteiger partial charge in [-0.1, -0.05) is 12.8 Å². The van der Waals surface area contributed by atoms with E-state index in [-0.39, 0.29) is 11.9 Å². The highest BCUT2D eigenvalue weighted by Gasteiger charge is 2.25. The van der Waals surface area contributed by atoms with Crippen molar-refractivity contribution in [3.8, 4) is 11.5 Å². The van der Waals surface area contributed by atoms with Crippen LogP contribution in [0.4, 0.5) is 0 Å². The van der Waals surface area contributed by atoms with E-state index in [0.717, 1.165) is 24.3 Å². The molecule has 1 aliphatic carbocycles. The summed E-state index contributed by atoms with van der Waals surface area (Å²) in [6.07, 6.45) is 4.90. The zero-order valence-corrected chi connectivity index (χ0v) is 13.2. The molecule has 0 bridgehead atoms. The number of hydrogen-bond acceptors (Lipinski definition) is 4. The Balaban J connectivity index is 1.70. The molecule has 1 aromatic carbocycles. The van der Waals surface area contributed by atoms with Crippen LogP contribution >= 0.6 is 0 Å². The van der Waals surface area contributed by atoms with Crippen molar-refractivity contribution < 1.29 is 14.3 Å². The van der Waals surface area contributed by atoms with Gasteiger partial charge in [-0.05, 0) is 49.6 Å². The van der Waals surface area contributed by atoms with Gasteiger partial charge in [0.1, 0.15) is 11.5 Å². The smallest absolute Gasteiger partial charge is 0.223 e. The van der Waals surface area contributed by atoms with E-state index in [1.54, 1.807) is 7.11 Å². The Labute approximate surface area is 132 Å². The van der Waals surface area contributed by atoms with Gasteiger partial charge in [-0.25, -0.2) is 0 Å². The third-order valence-electron chi connectivity index (χ3n) is 4.22. The van der Waals surface area contributed by atoms with Crippen molar-refractivity contribution in [3.05, 3.63) is 24.3 Å². The summed E-state index contributed by atoms with van der Waals surface area (Å²) in [6, 6.07) is 7.57. The molecule has 2 rings (SSSR count). The Hall–Kier alpha value is -1.75. The number of amides is 1. The summed E-state index contributed by atoms with van der Waals surface area (Å²) in [7, 11) is 1.63. The first kappa shape index (κ1) is 16.6. The highest BCUT2D eigenvalue weighted by Crippen LogP contribution is 2.23. The fraction of sp³-hybridized carbons (Fsp3) is 0.588. The third-order valence-corrected chi connectivity index (χ3v) is 4.22. The normalized spacial score (nSPS) is 21.2. The zero-order chi connectivity index (χ0) is 15.8. The Bertz CT molecular complexity index is 461. The summed E-state index contributed by atoms with van der Waals surface area (Å²) in [4.78, 5) is 12.0. The Morgan fingerprint density at radius 2 is 1.91 bits per heavy atom. The monoisotopic (exact) mass is 306 g/mol. The van der Waals surface area contributed by atoms with Crippen LogP contribution < -0.4 is 20.5 Å². The number of methoxy groups -OCH3 is 1. The maximum Gasteiger partial charge on any atom is 0.223 e. The van der Waals surface area contributed by atoms with E-state index in [2.05, 4.69) is 5.32 Å². The summed E-state index contributed by atoms with van der Waals surface area (Å²) >= 11 is 0. The van der Waals surface area contributed by atoms with Gasteiger partial charge < -0.3 is 20.5 Å². The molecule has 122 valence electrons. The molecule has 1 saturated carbocycles. The van der Waals surface area contributed by atoms with E-state index >= 15 is 0 Å². The molecular weight excluding hydrogens is 280 g/mol. The molecule has 2 unspecified atom stereocenters. The van der Waals surface area contributed by atoms with Gasteiger partial charge in [0.15, 0.2) is 0 Å². The first-order valence-electron chi connectivity index (χ1n) is 7.99. The van der Waals surface area contributed by atoms with Gasteiger partial charge in [-0.3, -0.25) is 4.79 Å². The minimum absolute atomic E-state index is 0.0406. The van der Waals surface area contributed by atoms with Gasteiger partial charge in [0.25, 0.3) is 0 Å². The lowest BCUT2D eigenvalue weighted by Crippen LogP contribution is -2.45. The van der Waals surface area contributed by atoms with E-state index in [1.807, 2.05) is 24.3 Å². The summed E-state index contributed by atoms with van der Waals surface area (Å²) < 4.78 is 10.7. The minimum Gasteiger partial charge on any atom is -0.497 e. The van der Waals surface area contributed by atoms with Crippen LogP contribution in [0.5, 0.6) is 11.5 Å². The van der Waals surface area contributed by atoms with Crippen molar-refractivity contribution in [2.45, 2.75) is 38.1 Å². The van der Waals surface area contributed by atoms with Crippen LogP contribution in [0.25, 0.3) is 0 Å². The number of nitrogens with one attached hydrogen (secondary N) is 1. The maximum atomic E-state index is 12.0. The van der Waals surface area contributed by atoms with Crippen molar-refractivity contribution in [3.63, 3.8) is 0 Å².